The van der Waals surface area contributed by atoms with E-state index in [0.717, 1.165) is 5.56 Å². The molecule has 1 aromatic rings. The lowest BCUT2D eigenvalue weighted by molar-refractivity contribution is -0.124. The summed E-state index contributed by atoms with van der Waals surface area (Å²) in [5.41, 5.74) is -0.637. The number of carbonyl (C=O) groups is 2. The summed E-state index contributed by atoms with van der Waals surface area (Å²) < 4.78 is 5.35. The van der Waals surface area contributed by atoms with Crippen molar-refractivity contribution in [2.24, 2.45) is 10.9 Å². The quantitative estimate of drug-likeness (QED) is 0.737. The number of phenolic OH excluding ortho intramolecular Hbond substituents is 1. The molecule has 1 aliphatic rings. The van der Waals surface area contributed by atoms with Crippen molar-refractivity contribution >= 4 is 17.8 Å². The number of carbonyl (C=O) groups excluding carboxylic acids is 2. The molecule has 7 nitrogen and oxygen atoms in total. The molecule has 0 saturated heterocycles. The van der Waals surface area contributed by atoms with E-state index in [1.54, 1.807) is 52.0 Å². The molecule has 0 saturated carbocycles. The third-order valence-corrected chi connectivity index (χ3v) is 4.58. The van der Waals surface area contributed by atoms with Crippen molar-refractivity contribution in [1.29, 1.82) is 0 Å². The van der Waals surface area contributed by atoms with E-state index in [1.807, 2.05) is 13.8 Å². The van der Waals surface area contributed by atoms with Gasteiger partial charge in [0.05, 0.1) is 6.04 Å². The standard InChI is InChI=1S/C20H29N3O4/c1-12(2)20(6)17(25)22-16(23-20)15(21-18(26)27-19(3,4)5)11-13-7-9-14(24)10-8-13/h7-10,12,15,24H,11H2,1-6H3,(H,21,26)(H,22,23,25). The van der Waals surface area contributed by atoms with Gasteiger partial charge in [-0.15, -0.1) is 0 Å². The highest BCUT2D eigenvalue weighted by Crippen LogP contribution is 2.26. The van der Waals surface area contributed by atoms with Crippen molar-refractivity contribution in [2.75, 3.05) is 0 Å². The number of hydrogen-bond donors (Lipinski definition) is 3. The number of rotatable bonds is 5. The van der Waals surface area contributed by atoms with Crippen LogP contribution in [0.15, 0.2) is 29.3 Å². The van der Waals surface area contributed by atoms with Gasteiger partial charge in [0.1, 0.15) is 22.7 Å². The summed E-state index contributed by atoms with van der Waals surface area (Å²) in [5.74, 6) is 0.393. The predicted octanol–water partition coefficient (Wildman–Crippen LogP) is 2.77. The molecular weight excluding hydrogens is 346 g/mol. The van der Waals surface area contributed by atoms with Crippen molar-refractivity contribution in [3.8, 4) is 5.75 Å². The Morgan fingerprint density at radius 3 is 2.37 bits per heavy atom. The van der Waals surface area contributed by atoms with Crippen LogP contribution < -0.4 is 10.6 Å². The second kappa shape index (κ2) is 7.58. The van der Waals surface area contributed by atoms with Gasteiger partial charge in [-0.05, 0) is 57.7 Å². The molecule has 2 rings (SSSR count). The molecule has 1 aromatic carbocycles. The second-order valence-corrected chi connectivity index (χ2v) is 8.32. The lowest BCUT2D eigenvalue weighted by Crippen LogP contribution is -2.49. The van der Waals surface area contributed by atoms with E-state index in [4.69, 9.17) is 4.74 Å². The second-order valence-electron chi connectivity index (χ2n) is 8.32. The lowest BCUT2D eigenvalue weighted by atomic mass is 9.89. The van der Waals surface area contributed by atoms with Gasteiger partial charge < -0.3 is 20.5 Å². The Morgan fingerprint density at radius 1 is 1.30 bits per heavy atom. The maximum absolute atomic E-state index is 12.5. The number of benzene rings is 1. The summed E-state index contributed by atoms with van der Waals surface area (Å²) in [7, 11) is 0. The van der Waals surface area contributed by atoms with Gasteiger partial charge in [0.2, 0.25) is 0 Å². The third kappa shape index (κ3) is 5.21. The van der Waals surface area contributed by atoms with E-state index in [0.29, 0.717) is 12.3 Å². The van der Waals surface area contributed by atoms with Gasteiger partial charge in [0.25, 0.3) is 5.91 Å². The highest BCUT2D eigenvalue weighted by atomic mass is 16.6. The number of ether oxygens (including phenoxy) is 1. The largest absolute Gasteiger partial charge is 0.508 e. The average molecular weight is 375 g/mol. The predicted molar refractivity (Wildman–Crippen MR) is 104 cm³/mol. The molecule has 27 heavy (non-hydrogen) atoms. The van der Waals surface area contributed by atoms with Crippen molar-refractivity contribution in [2.45, 2.75) is 65.1 Å². The fraction of sp³-hybridized carbons (Fsp3) is 0.550. The monoisotopic (exact) mass is 375 g/mol. The Labute approximate surface area is 160 Å². The van der Waals surface area contributed by atoms with Gasteiger partial charge in [-0.25, -0.2) is 4.79 Å². The molecule has 3 N–H and O–H groups in total. The number of alkyl carbamates (subject to hydrolysis) is 1. The van der Waals surface area contributed by atoms with Gasteiger partial charge in [-0.3, -0.25) is 9.79 Å². The van der Waals surface area contributed by atoms with Gasteiger partial charge in [0.15, 0.2) is 0 Å². The van der Waals surface area contributed by atoms with Crippen molar-refractivity contribution in [3.05, 3.63) is 29.8 Å². The summed E-state index contributed by atoms with van der Waals surface area (Å²) in [6.07, 6.45) is -0.186. The van der Waals surface area contributed by atoms with Gasteiger partial charge in [-0.1, -0.05) is 26.0 Å². The van der Waals surface area contributed by atoms with Crippen LogP contribution >= 0.6 is 0 Å². The molecule has 0 aliphatic carbocycles. The number of aliphatic imine (C=N–C) groups is 1. The molecule has 0 spiro atoms. The van der Waals surface area contributed by atoms with Crippen LogP contribution in [0.3, 0.4) is 0 Å². The molecule has 0 bridgehead atoms. The molecule has 1 aliphatic heterocycles. The zero-order valence-corrected chi connectivity index (χ0v) is 16.8. The van der Waals surface area contributed by atoms with E-state index in [-0.39, 0.29) is 17.6 Å². The smallest absolute Gasteiger partial charge is 0.408 e. The minimum absolute atomic E-state index is 0.00542. The van der Waals surface area contributed by atoms with Crippen LogP contribution in [-0.4, -0.2) is 40.1 Å². The summed E-state index contributed by atoms with van der Waals surface area (Å²) in [5, 5.41) is 15.1. The van der Waals surface area contributed by atoms with Gasteiger partial charge in [0, 0.05) is 0 Å². The molecule has 1 heterocycles. The third-order valence-electron chi connectivity index (χ3n) is 4.58. The molecule has 148 valence electrons. The van der Waals surface area contributed by atoms with E-state index >= 15 is 0 Å². The van der Waals surface area contributed by atoms with Gasteiger partial charge in [-0.2, -0.15) is 0 Å². The Bertz CT molecular complexity index is 735. The number of amidine groups is 1. The fourth-order valence-corrected chi connectivity index (χ4v) is 2.66. The average Bonchev–Trinajstić information content (AvgIpc) is 2.84. The highest BCUT2D eigenvalue weighted by Gasteiger charge is 2.43. The Kier molecular flexibility index (Phi) is 5.82. The maximum atomic E-state index is 12.5. The van der Waals surface area contributed by atoms with Crippen LogP contribution in [0.25, 0.3) is 0 Å². The zero-order valence-electron chi connectivity index (χ0n) is 16.8. The number of hydrogen-bond acceptors (Lipinski definition) is 5. The molecule has 2 unspecified atom stereocenters. The number of aromatic hydroxyl groups is 1. The van der Waals surface area contributed by atoms with Crippen LogP contribution in [0.1, 0.15) is 47.1 Å². The van der Waals surface area contributed by atoms with Crippen LogP contribution in [0, 0.1) is 5.92 Å². The Hall–Kier alpha value is -2.57. The summed E-state index contributed by atoms with van der Waals surface area (Å²) in [6.45, 7) is 11.0. The SMILES string of the molecule is CC(C)C1(C)N=C(C(Cc2ccc(O)cc2)NC(=O)OC(C)(C)C)NC1=O. The van der Waals surface area contributed by atoms with Crippen molar-refractivity contribution < 1.29 is 19.4 Å². The number of amides is 2. The maximum Gasteiger partial charge on any atom is 0.408 e. The summed E-state index contributed by atoms with van der Waals surface area (Å²) in [6, 6.07) is 6.12. The number of phenols is 1. The first-order chi connectivity index (χ1) is 12.4. The number of nitrogens with zero attached hydrogens (tertiary/aromatic N) is 1. The van der Waals surface area contributed by atoms with E-state index in [2.05, 4.69) is 15.6 Å². The highest BCUT2D eigenvalue weighted by molar-refractivity contribution is 6.10. The summed E-state index contributed by atoms with van der Waals surface area (Å²) >= 11 is 0. The van der Waals surface area contributed by atoms with E-state index in [1.165, 1.54) is 0 Å². The minimum atomic E-state index is -0.877. The Morgan fingerprint density at radius 2 is 1.89 bits per heavy atom. The molecule has 2 amide bonds. The minimum Gasteiger partial charge on any atom is -0.508 e. The molecule has 2 atom stereocenters. The van der Waals surface area contributed by atoms with Crippen LogP contribution in [0.4, 0.5) is 4.79 Å². The Balaban J connectivity index is 2.28. The molecule has 7 heteroatoms. The van der Waals surface area contributed by atoms with Crippen LogP contribution in [-0.2, 0) is 16.0 Å². The lowest BCUT2D eigenvalue weighted by Gasteiger charge is -2.24. The first-order valence-corrected chi connectivity index (χ1v) is 9.09. The molecule has 0 radical (unpaired) electrons. The van der Waals surface area contributed by atoms with E-state index < -0.39 is 23.3 Å². The van der Waals surface area contributed by atoms with Crippen LogP contribution in [0.5, 0.6) is 5.75 Å². The summed E-state index contributed by atoms with van der Waals surface area (Å²) in [4.78, 5) is 29.4. The van der Waals surface area contributed by atoms with Gasteiger partial charge >= 0.3 is 6.09 Å². The topological polar surface area (TPSA) is 100 Å². The van der Waals surface area contributed by atoms with Crippen molar-refractivity contribution in [3.63, 3.8) is 0 Å². The molecule has 0 fully saturated rings. The van der Waals surface area contributed by atoms with Crippen LogP contribution in [0.2, 0.25) is 0 Å². The molecular formula is C20H29N3O4. The first kappa shape index (κ1) is 20.7. The first-order valence-electron chi connectivity index (χ1n) is 9.09. The zero-order chi connectivity index (χ0) is 20.4. The number of nitrogens with one attached hydrogen (secondary N) is 2. The normalized spacial score (nSPS) is 20.9. The van der Waals surface area contributed by atoms with Crippen molar-refractivity contribution in [1.82, 2.24) is 10.6 Å². The van der Waals surface area contributed by atoms with E-state index in [9.17, 15) is 14.7 Å². The molecule has 0 aromatic heterocycles. The fourth-order valence-electron chi connectivity index (χ4n) is 2.66.